The molecule has 0 radical (unpaired) electrons. The van der Waals surface area contributed by atoms with Crippen LogP contribution in [-0.2, 0) is 4.74 Å². The van der Waals surface area contributed by atoms with E-state index in [0.717, 1.165) is 45.3 Å². The average molecular weight is 464 g/mol. The van der Waals surface area contributed by atoms with Gasteiger partial charge in [-0.25, -0.2) is 0 Å². The number of hydrogen-bond donors (Lipinski definition) is 1. The minimum atomic E-state index is 0. The van der Waals surface area contributed by atoms with Crippen molar-refractivity contribution in [1.82, 2.24) is 15.1 Å². The molecule has 146 valence electrons. The number of ether oxygens (including phenoxy) is 1. The Balaban J connectivity index is 0.00000576. The van der Waals surface area contributed by atoms with Gasteiger partial charge < -0.3 is 15.0 Å². The van der Waals surface area contributed by atoms with E-state index in [1.54, 1.807) is 7.11 Å². The van der Waals surface area contributed by atoms with Crippen molar-refractivity contribution >= 4 is 29.9 Å². The largest absolute Gasteiger partial charge is 0.384 e. The molecule has 1 N–H and O–H groups in total. The molecule has 2 atom stereocenters. The molecule has 1 fully saturated rings. The van der Waals surface area contributed by atoms with E-state index in [0.29, 0.717) is 17.9 Å². The van der Waals surface area contributed by atoms with E-state index < -0.39 is 0 Å². The smallest absolute Gasteiger partial charge is 0.193 e. The van der Waals surface area contributed by atoms with Gasteiger partial charge in [-0.1, -0.05) is 26.0 Å². The molecule has 6 heteroatoms. The van der Waals surface area contributed by atoms with E-state index in [-0.39, 0.29) is 24.0 Å². The first-order valence-electron chi connectivity index (χ1n) is 8.97. The van der Waals surface area contributed by atoms with E-state index in [4.69, 9.17) is 4.74 Å². The third kappa shape index (κ3) is 8.09. The zero-order chi connectivity index (χ0) is 17.9. The van der Waals surface area contributed by atoms with Crippen molar-refractivity contribution in [2.24, 2.45) is 16.8 Å². The third-order valence-corrected chi connectivity index (χ3v) is 4.63. The van der Waals surface area contributed by atoms with Gasteiger partial charge in [0.2, 0.25) is 0 Å². The molecule has 0 saturated carbocycles. The Morgan fingerprint density at radius 1 is 1.36 bits per heavy atom. The summed E-state index contributed by atoms with van der Waals surface area (Å²) in [5.74, 6) is 2.14. The number of halogens is 1. The normalized spacial score (nSPS) is 19.0. The number of nitrogens with zero attached hydrogens (tertiary/aromatic N) is 3. The Morgan fingerprint density at radius 2 is 2.00 bits per heavy atom. The molecule has 0 aromatic rings. The van der Waals surface area contributed by atoms with Crippen LogP contribution in [0, 0.1) is 11.8 Å². The summed E-state index contributed by atoms with van der Waals surface area (Å²) in [7, 11) is 3.64. The predicted octanol–water partition coefficient (Wildman–Crippen LogP) is 2.85. The van der Waals surface area contributed by atoms with Gasteiger partial charge in [0.25, 0.3) is 0 Å². The summed E-state index contributed by atoms with van der Waals surface area (Å²) in [5.41, 5.74) is 0. The van der Waals surface area contributed by atoms with Crippen molar-refractivity contribution in [3.63, 3.8) is 0 Å². The maximum Gasteiger partial charge on any atom is 0.193 e. The predicted molar refractivity (Wildman–Crippen MR) is 119 cm³/mol. The number of methoxy groups -OCH3 is 1. The summed E-state index contributed by atoms with van der Waals surface area (Å²) in [6.45, 7) is 17.8. The fourth-order valence-corrected chi connectivity index (χ4v) is 3.39. The molecule has 0 aromatic heterocycles. The summed E-state index contributed by atoms with van der Waals surface area (Å²) in [4.78, 5) is 9.22. The topological polar surface area (TPSA) is 40.1 Å². The van der Waals surface area contributed by atoms with Crippen molar-refractivity contribution in [3.8, 4) is 0 Å². The molecular formula is C19H37IN4O. The highest BCUT2D eigenvalue weighted by Crippen LogP contribution is 2.17. The van der Waals surface area contributed by atoms with Gasteiger partial charge in [-0.3, -0.25) is 9.89 Å². The van der Waals surface area contributed by atoms with Crippen LogP contribution in [0.1, 0.15) is 20.3 Å². The molecule has 1 saturated heterocycles. The second-order valence-corrected chi connectivity index (χ2v) is 6.83. The highest BCUT2D eigenvalue weighted by Gasteiger charge is 2.26. The van der Waals surface area contributed by atoms with Gasteiger partial charge in [0.1, 0.15) is 0 Å². The Kier molecular flexibility index (Phi) is 13.3. The Hall–Kier alpha value is -0.600. The lowest BCUT2D eigenvalue weighted by molar-refractivity contribution is 0.157. The Bertz CT molecular complexity index is 404. The number of guanidine groups is 1. The van der Waals surface area contributed by atoms with Crippen LogP contribution in [0.25, 0.3) is 0 Å². The van der Waals surface area contributed by atoms with Crippen molar-refractivity contribution in [3.05, 3.63) is 25.3 Å². The van der Waals surface area contributed by atoms with Crippen LogP contribution >= 0.6 is 24.0 Å². The molecule has 25 heavy (non-hydrogen) atoms. The van der Waals surface area contributed by atoms with Crippen molar-refractivity contribution in [2.45, 2.75) is 26.3 Å². The molecule has 0 amide bonds. The lowest BCUT2D eigenvalue weighted by atomic mass is 10.0. The number of aliphatic imine (C=N–C) groups is 1. The molecular weight excluding hydrogens is 427 g/mol. The summed E-state index contributed by atoms with van der Waals surface area (Å²) < 4.78 is 5.29. The SMILES string of the molecule is C=CCN(CC=C)C(CNC(=NC)N1CCC(COC)C1)C(C)C.I. The van der Waals surface area contributed by atoms with Gasteiger partial charge in [0, 0.05) is 58.8 Å². The number of likely N-dealkylation sites (tertiary alicyclic amines) is 1. The second kappa shape index (κ2) is 13.6. The summed E-state index contributed by atoms with van der Waals surface area (Å²) in [6, 6.07) is 0.412. The molecule has 0 aromatic carbocycles. The van der Waals surface area contributed by atoms with Crippen LogP contribution in [-0.4, -0.2) is 75.3 Å². The highest BCUT2D eigenvalue weighted by molar-refractivity contribution is 14.0. The van der Waals surface area contributed by atoms with Crippen LogP contribution in [0.4, 0.5) is 0 Å². The lowest BCUT2D eigenvalue weighted by Crippen LogP contribution is -2.50. The van der Waals surface area contributed by atoms with Crippen LogP contribution in [0.3, 0.4) is 0 Å². The summed E-state index contributed by atoms with van der Waals surface area (Å²) in [6.07, 6.45) is 5.09. The first kappa shape index (κ1) is 24.4. The van der Waals surface area contributed by atoms with Crippen LogP contribution in [0.15, 0.2) is 30.3 Å². The molecule has 0 bridgehead atoms. The zero-order valence-corrected chi connectivity index (χ0v) is 18.7. The number of rotatable bonds is 10. The molecule has 0 spiro atoms. The Morgan fingerprint density at radius 3 is 2.48 bits per heavy atom. The van der Waals surface area contributed by atoms with Gasteiger partial charge in [0.05, 0.1) is 6.61 Å². The summed E-state index contributed by atoms with van der Waals surface area (Å²) in [5, 5.41) is 3.58. The fraction of sp³-hybridized carbons (Fsp3) is 0.737. The first-order chi connectivity index (χ1) is 11.6. The van der Waals surface area contributed by atoms with Crippen molar-refractivity contribution in [1.29, 1.82) is 0 Å². The van der Waals surface area contributed by atoms with E-state index in [1.807, 2.05) is 19.2 Å². The standard InChI is InChI=1S/C19H36N4O.HI/c1-7-10-22(11-8-2)18(16(3)4)13-21-19(20-5)23-12-9-17(14-23)15-24-6;/h7-8,16-18H,1-2,9-15H2,3-6H3,(H,20,21);1H. The zero-order valence-electron chi connectivity index (χ0n) is 16.4. The maximum atomic E-state index is 5.29. The average Bonchev–Trinajstić information content (AvgIpc) is 3.00. The van der Waals surface area contributed by atoms with Gasteiger partial charge in [-0.2, -0.15) is 0 Å². The second-order valence-electron chi connectivity index (χ2n) is 6.83. The molecule has 1 heterocycles. The molecule has 2 unspecified atom stereocenters. The van der Waals surface area contributed by atoms with Crippen LogP contribution < -0.4 is 5.32 Å². The molecule has 5 nitrogen and oxygen atoms in total. The van der Waals surface area contributed by atoms with Gasteiger partial charge in [-0.15, -0.1) is 37.1 Å². The number of nitrogens with one attached hydrogen (secondary N) is 1. The van der Waals surface area contributed by atoms with E-state index >= 15 is 0 Å². The Labute approximate surface area is 171 Å². The van der Waals surface area contributed by atoms with Crippen molar-refractivity contribution < 1.29 is 4.74 Å². The minimum absolute atomic E-state index is 0. The van der Waals surface area contributed by atoms with Crippen LogP contribution in [0.2, 0.25) is 0 Å². The summed E-state index contributed by atoms with van der Waals surface area (Å²) >= 11 is 0. The lowest BCUT2D eigenvalue weighted by Gasteiger charge is -2.34. The monoisotopic (exact) mass is 464 g/mol. The highest BCUT2D eigenvalue weighted by atomic mass is 127. The van der Waals surface area contributed by atoms with Gasteiger partial charge in [-0.05, 0) is 12.3 Å². The molecule has 0 aliphatic carbocycles. The molecule has 1 aliphatic rings. The fourth-order valence-electron chi connectivity index (χ4n) is 3.39. The van der Waals surface area contributed by atoms with E-state index in [1.165, 1.54) is 6.42 Å². The van der Waals surface area contributed by atoms with Crippen LogP contribution in [0.5, 0.6) is 0 Å². The van der Waals surface area contributed by atoms with E-state index in [2.05, 4.69) is 47.1 Å². The first-order valence-corrected chi connectivity index (χ1v) is 8.97. The van der Waals surface area contributed by atoms with Crippen molar-refractivity contribution in [2.75, 3.05) is 53.5 Å². The van der Waals surface area contributed by atoms with E-state index in [9.17, 15) is 0 Å². The third-order valence-electron chi connectivity index (χ3n) is 4.63. The minimum Gasteiger partial charge on any atom is -0.384 e. The number of hydrogen-bond acceptors (Lipinski definition) is 3. The van der Waals surface area contributed by atoms with Gasteiger partial charge in [0.15, 0.2) is 5.96 Å². The molecule has 1 aliphatic heterocycles. The molecule has 1 rings (SSSR count). The maximum absolute atomic E-state index is 5.29. The quantitative estimate of drug-likeness (QED) is 0.234. The van der Waals surface area contributed by atoms with Gasteiger partial charge >= 0.3 is 0 Å².